The molecule has 0 radical (unpaired) electrons. The van der Waals surface area contributed by atoms with E-state index in [2.05, 4.69) is 262 Å². The van der Waals surface area contributed by atoms with Gasteiger partial charge in [-0.3, -0.25) is 0 Å². The van der Waals surface area contributed by atoms with Crippen LogP contribution in [0.25, 0.3) is 82.5 Å². The monoisotopic (exact) mass is 831 g/mol. The first-order valence-electron chi connectivity index (χ1n) is 22.1. The Hall–Kier alpha value is -8.18. The van der Waals surface area contributed by atoms with Gasteiger partial charge in [-0.2, -0.15) is 0 Å². The van der Waals surface area contributed by atoms with Gasteiger partial charge in [-0.1, -0.05) is 182 Å². The molecule has 3 nitrogen and oxygen atoms in total. The minimum atomic E-state index is -2.85. The van der Waals surface area contributed by atoms with Gasteiger partial charge < -0.3 is 13.7 Å². The molecule has 0 N–H and O–H groups in total. The molecule has 64 heavy (non-hydrogen) atoms. The van der Waals surface area contributed by atoms with Crippen LogP contribution in [0.15, 0.2) is 249 Å². The molecule has 13 aromatic rings. The number of hydrogen-bond donors (Lipinski definition) is 0. The van der Waals surface area contributed by atoms with Gasteiger partial charge in [0.05, 0.1) is 38.8 Å². The zero-order valence-corrected chi connectivity index (χ0v) is 36.0. The minimum Gasteiger partial charge on any atom is -0.309 e. The molecule has 3 heterocycles. The molecule has 0 unspecified atom stereocenters. The van der Waals surface area contributed by atoms with E-state index in [9.17, 15) is 0 Å². The van der Waals surface area contributed by atoms with Crippen LogP contribution in [0.2, 0.25) is 0 Å². The van der Waals surface area contributed by atoms with Crippen molar-refractivity contribution in [1.29, 1.82) is 0 Å². The Morgan fingerprint density at radius 1 is 0.234 bits per heavy atom. The van der Waals surface area contributed by atoms with Crippen LogP contribution in [0.3, 0.4) is 0 Å². The molecule has 0 spiro atoms. The Morgan fingerprint density at radius 2 is 0.656 bits per heavy atom. The molecule has 3 aromatic heterocycles. The Kier molecular flexibility index (Phi) is 8.23. The van der Waals surface area contributed by atoms with E-state index >= 15 is 0 Å². The highest BCUT2D eigenvalue weighted by Gasteiger charge is 2.41. The van der Waals surface area contributed by atoms with E-state index in [0.29, 0.717) is 0 Å². The first kappa shape index (κ1) is 36.5. The summed E-state index contributed by atoms with van der Waals surface area (Å²) in [4.78, 5) is 0. The number of hydrogen-bond acceptors (Lipinski definition) is 0. The highest BCUT2D eigenvalue weighted by atomic mass is 28.3. The third-order valence-corrected chi connectivity index (χ3v) is 18.3. The predicted octanol–water partition coefficient (Wildman–Crippen LogP) is 12.4. The number of benzene rings is 10. The van der Waals surface area contributed by atoms with Gasteiger partial charge in [0.15, 0.2) is 8.07 Å². The smallest absolute Gasteiger partial charge is 0.179 e. The molecule has 0 aliphatic heterocycles. The quantitative estimate of drug-likeness (QED) is 0.112. The Labute approximate surface area is 372 Å². The van der Waals surface area contributed by atoms with Crippen molar-refractivity contribution in [2.24, 2.45) is 0 Å². The van der Waals surface area contributed by atoms with Crippen LogP contribution in [-0.2, 0) is 0 Å². The SMILES string of the molecule is c1ccc(-n2c3ccccc3c3c(-n4c5ccc(-n6c7ccccc7c7ccccc76)cc5c5cc([Si](c6ccccc6)(c6ccccc6)c6ccccc6)ccc54)cccc32)cc1. The summed E-state index contributed by atoms with van der Waals surface area (Å²) in [5.74, 6) is 0. The summed E-state index contributed by atoms with van der Waals surface area (Å²) in [5.41, 5.74) is 10.6. The summed E-state index contributed by atoms with van der Waals surface area (Å²) in [7, 11) is -2.85. The second-order valence-electron chi connectivity index (χ2n) is 16.8. The lowest BCUT2D eigenvalue weighted by Gasteiger charge is -2.34. The number of aromatic nitrogens is 3. The molecule has 0 saturated carbocycles. The molecule has 0 aliphatic carbocycles. The summed E-state index contributed by atoms with van der Waals surface area (Å²) in [5, 5.41) is 12.9. The molecule has 0 saturated heterocycles. The lowest BCUT2D eigenvalue weighted by Crippen LogP contribution is -2.74. The van der Waals surface area contributed by atoms with Crippen molar-refractivity contribution in [2.45, 2.75) is 0 Å². The van der Waals surface area contributed by atoms with Crippen LogP contribution >= 0.6 is 0 Å². The topological polar surface area (TPSA) is 14.8 Å². The summed E-state index contributed by atoms with van der Waals surface area (Å²) in [6, 6.07) is 92.3. The van der Waals surface area contributed by atoms with Gasteiger partial charge in [0.2, 0.25) is 0 Å². The maximum atomic E-state index is 2.55. The fourth-order valence-corrected chi connectivity index (χ4v) is 15.7. The maximum Gasteiger partial charge on any atom is 0.179 e. The Balaban J connectivity index is 1.17. The van der Waals surface area contributed by atoms with E-state index in [-0.39, 0.29) is 0 Å². The van der Waals surface area contributed by atoms with Crippen LogP contribution < -0.4 is 20.7 Å². The lowest BCUT2D eigenvalue weighted by atomic mass is 10.1. The summed E-state index contributed by atoms with van der Waals surface area (Å²) in [6.07, 6.45) is 0. The molecule has 13 rings (SSSR count). The van der Waals surface area contributed by atoms with E-state index in [1.54, 1.807) is 0 Å². The molecular weight excluding hydrogens is 791 g/mol. The summed E-state index contributed by atoms with van der Waals surface area (Å²) >= 11 is 0. The maximum absolute atomic E-state index is 2.85. The molecule has 0 amide bonds. The molecule has 0 bridgehead atoms. The van der Waals surface area contributed by atoms with Crippen molar-refractivity contribution >= 4 is 94.2 Å². The number of rotatable bonds is 7. The highest BCUT2D eigenvalue weighted by molar-refractivity contribution is 7.20. The van der Waals surface area contributed by atoms with Crippen molar-refractivity contribution < 1.29 is 0 Å². The third kappa shape index (κ3) is 5.27. The van der Waals surface area contributed by atoms with Crippen molar-refractivity contribution in [2.75, 3.05) is 0 Å². The third-order valence-electron chi connectivity index (χ3n) is 13.6. The zero-order valence-electron chi connectivity index (χ0n) is 35.0. The van der Waals surface area contributed by atoms with Gasteiger partial charge in [-0.05, 0) is 87.5 Å². The van der Waals surface area contributed by atoms with E-state index in [0.717, 1.165) is 11.4 Å². The first-order chi connectivity index (χ1) is 31.8. The number of fused-ring (bicyclic) bond motifs is 9. The Morgan fingerprint density at radius 3 is 1.23 bits per heavy atom. The number of nitrogens with zero attached hydrogens (tertiary/aromatic N) is 3. The Bertz CT molecular complexity index is 3730. The average Bonchev–Trinajstić information content (AvgIpc) is 4.01. The first-order valence-corrected chi connectivity index (χ1v) is 24.1. The molecule has 0 aliphatic rings. The van der Waals surface area contributed by atoms with Gasteiger partial charge >= 0.3 is 0 Å². The van der Waals surface area contributed by atoms with Crippen molar-refractivity contribution in [3.63, 3.8) is 0 Å². The van der Waals surface area contributed by atoms with E-state index in [1.165, 1.54) is 91.9 Å². The van der Waals surface area contributed by atoms with Crippen LogP contribution in [0.4, 0.5) is 0 Å². The van der Waals surface area contributed by atoms with Gasteiger partial charge in [0.1, 0.15) is 0 Å². The fourth-order valence-electron chi connectivity index (χ4n) is 11.0. The fraction of sp³-hybridized carbons (Fsp3) is 0. The minimum absolute atomic E-state index is 1.14. The molecule has 4 heteroatoms. The standard InChI is InChI=1S/C60H41N3Si/c1-5-20-42(21-6-1)61-55-33-18-15-30-50(55)60-58(61)34-19-35-59(60)63-56-38-36-43(62-53-31-16-13-28-48(53)49-29-14-17-32-54(49)62)40-51(56)52-41-47(37-39-57(52)63)64(44-22-7-2-8-23-44,45-24-9-3-10-25-45)46-26-11-4-12-27-46/h1-41H. The molecule has 300 valence electrons. The van der Waals surface area contributed by atoms with Gasteiger partial charge in [-0.25, -0.2) is 0 Å². The second-order valence-corrected chi connectivity index (χ2v) is 20.7. The summed E-state index contributed by atoms with van der Waals surface area (Å²) in [6.45, 7) is 0. The average molecular weight is 832 g/mol. The van der Waals surface area contributed by atoms with Gasteiger partial charge in [0.25, 0.3) is 0 Å². The van der Waals surface area contributed by atoms with Crippen molar-refractivity contribution in [1.82, 2.24) is 13.7 Å². The van der Waals surface area contributed by atoms with Gasteiger partial charge in [-0.15, -0.1) is 0 Å². The molecule has 0 fully saturated rings. The lowest BCUT2D eigenvalue weighted by molar-refractivity contribution is 1.16. The molecule has 0 atom stereocenters. The zero-order chi connectivity index (χ0) is 42.2. The normalized spacial score (nSPS) is 12.1. The summed E-state index contributed by atoms with van der Waals surface area (Å²) < 4.78 is 7.40. The van der Waals surface area contributed by atoms with Crippen molar-refractivity contribution in [3.05, 3.63) is 249 Å². The van der Waals surface area contributed by atoms with Crippen molar-refractivity contribution in [3.8, 4) is 17.1 Å². The molecular formula is C60H41N3Si. The largest absolute Gasteiger partial charge is 0.309 e. The van der Waals surface area contributed by atoms with E-state index < -0.39 is 8.07 Å². The second kappa shape index (κ2) is 14.5. The van der Waals surface area contributed by atoms with Crippen LogP contribution in [0, 0.1) is 0 Å². The van der Waals surface area contributed by atoms with E-state index in [4.69, 9.17) is 0 Å². The predicted molar refractivity (Wildman–Crippen MR) is 273 cm³/mol. The van der Waals surface area contributed by atoms with Gasteiger partial charge in [0, 0.05) is 43.7 Å². The molecule has 10 aromatic carbocycles. The highest BCUT2D eigenvalue weighted by Crippen LogP contribution is 2.41. The van der Waals surface area contributed by atoms with Crippen LogP contribution in [-0.4, -0.2) is 21.8 Å². The van der Waals surface area contributed by atoms with E-state index in [1.807, 2.05) is 0 Å². The van der Waals surface area contributed by atoms with Crippen LogP contribution in [0.5, 0.6) is 0 Å². The van der Waals surface area contributed by atoms with Crippen LogP contribution in [0.1, 0.15) is 0 Å². The number of para-hydroxylation sites is 4.